The lowest BCUT2D eigenvalue weighted by Crippen LogP contribution is -2.42. The topological polar surface area (TPSA) is 55.4 Å². The molecule has 0 rings (SSSR count). The molecule has 2 atom stereocenters. The highest BCUT2D eigenvalue weighted by Gasteiger charge is 2.21. The predicted molar refractivity (Wildman–Crippen MR) is 66.4 cm³/mol. The Morgan fingerprint density at radius 3 is 2.25 bits per heavy atom. The molecule has 1 N–H and O–H groups in total. The average molecular weight is 247 g/mol. The van der Waals surface area contributed by atoms with E-state index >= 15 is 0 Å². The largest absolute Gasteiger partial charge is 0.467 e. The summed E-state index contributed by atoms with van der Waals surface area (Å²) in [5.41, 5.74) is 0. The molecule has 0 heterocycles. The van der Waals surface area contributed by atoms with Crippen LogP contribution in [0.5, 0.6) is 0 Å². The smallest absolute Gasteiger partial charge is 0.329 e. The Hall–Kier alpha value is -0.710. The first kappa shape index (κ1) is 15.3. The summed E-state index contributed by atoms with van der Waals surface area (Å²) in [4.78, 5) is 22.3. The number of esters is 1. The Labute approximate surface area is 101 Å². The summed E-state index contributed by atoms with van der Waals surface area (Å²) in [5, 5.41) is 3.04. The number of hydrogen-bond donors (Lipinski definition) is 1. The standard InChI is InChI=1S/C11H21NO3S/c1-7(2)8(3)16-6-10(11(14)15-5)12-9(4)13/h7-8,10H,6H2,1-5H3,(H,12,13). The molecule has 94 valence electrons. The van der Waals surface area contributed by atoms with Crippen molar-refractivity contribution in [1.82, 2.24) is 5.32 Å². The minimum Gasteiger partial charge on any atom is -0.467 e. The van der Waals surface area contributed by atoms with E-state index in [2.05, 4.69) is 30.8 Å². The first-order chi connectivity index (χ1) is 7.38. The van der Waals surface area contributed by atoms with Gasteiger partial charge in [-0.05, 0) is 5.92 Å². The quantitative estimate of drug-likeness (QED) is 0.722. The molecular formula is C11H21NO3S. The van der Waals surface area contributed by atoms with Crippen LogP contribution >= 0.6 is 11.8 Å². The summed E-state index contributed by atoms with van der Waals surface area (Å²) < 4.78 is 4.64. The lowest BCUT2D eigenvalue weighted by atomic mass is 10.2. The molecule has 4 nitrogen and oxygen atoms in total. The fraction of sp³-hybridized carbons (Fsp3) is 0.818. The average Bonchev–Trinajstić information content (AvgIpc) is 2.21. The van der Waals surface area contributed by atoms with Gasteiger partial charge in [0, 0.05) is 17.9 Å². The molecule has 0 radical (unpaired) electrons. The van der Waals surface area contributed by atoms with Crippen molar-refractivity contribution < 1.29 is 14.3 Å². The van der Waals surface area contributed by atoms with E-state index in [9.17, 15) is 9.59 Å². The summed E-state index contributed by atoms with van der Waals surface area (Å²) >= 11 is 1.66. The van der Waals surface area contributed by atoms with Crippen molar-refractivity contribution in [3.63, 3.8) is 0 Å². The maximum absolute atomic E-state index is 11.4. The Bertz CT molecular complexity index is 243. The van der Waals surface area contributed by atoms with Crippen LogP contribution in [0, 0.1) is 5.92 Å². The third kappa shape index (κ3) is 6.00. The minimum atomic E-state index is -0.548. The number of thioether (sulfide) groups is 1. The summed E-state index contributed by atoms with van der Waals surface area (Å²) in [6, 6.07) is -0.548. The molecule has 0 saturated carbocycles. The number of methoxy groups -OCH3 is 1. The zero-order chi connectivity index (χ0) is 12.7. The van der Waals surface area contributed by atoms with Gasteiger partial charge in [0.15, 0.2) is 0 Å². The van der Waals surface area contributed by atoms with Gasteiger partial charge < -0.3 is 10.1 Å². The number of rotatable bonds is 6. The highest BCUT2D eigenvalue weighted by molar-refractivity contribution is 7.99. The fourth-order valence-electron chi connectivity index (χ4n) is 0.997. The Kier molecular flexibility index (Phi) is 7.21. The molecule has 1 amide bonds. The van der Waals surface area contributed by atoms with E-state index in [-0.39, 0.29) is 5.91 Å². The van der Waals surface area contributed by atoms with Gasteiger partial charge in [-0.3, -0.25) is 4.79 Å². The fourth-order valence-corrected chi connectivity index (χ4v) is 2.10. The van der Waals surface area contributed by atoms with Gasteiger partial charge in [-0.1, -0.05) is 20.8 Å². The van der Waals surface area contributed by atoms with E-state index in [0.29, 0.717) is 16.9 Å². The predicted octanol–water partition coefficient (Wildman–Crippen LogP) is 1.44. The zero-order valence-corrected chi connectivity index (χ0v) is 11.4. The first-order valence-corrected chi connectivity index (χ1v) is 6.39. The van der Waals surface area contributed by atoms with Gasteiger partial charge >= 0.3 is 5.97 Å². The summed E-state index contributed by atoms with van der Waals surface area (Å²) in [7, 11) is 1.33. The normalized spacial score (nSPS) is 14.4. The van der Waals surface area contributed by atoms with Crippen LogP contribution in [0.1, 0.15) is 27.7 Å². The highest BCUT2D eigenvalue weighted by atomic mass is 32.2. The van der Waals surface area contributed by atoms with E-state index in [4.69, 9.17) is 0 Å². The Balaban J connectivity index is 4.21. The summed E-state index contributed by atoms with van der Waals surface area (Å²) in [5.74, 6) is 0.485. The van der Waals surface area contributed by atoms with Gasteiger partial charge in [-0.25, -0.2) is 4.79 Å². The number of carbonyl (C=O) groups excluding carboxylic acids is 2. The van der Waals surface area contributed by atoms with E-state index in [1.54, 1.807) is 11.8 Å². The summed E-state index contributed by atoms with van der Waals surface area (Å²) in [6.07, 6.45) is 0. The molecule has 2 unspecified atom stereocenters. The number of ether oxygens (including phenoxy) is 1. The lowest BCUT2D eigenvalue weighted by Gasteiger charge is -2.19. The van der Waals surface area contributed by atoms with Crippen molar-refractivity contribution in [3.8, 4) is 0 Å². The van der Waals surface area contributed by atoms with Crippen LogP contribution in [0.15, 0.2) is 0 Å². The van der Waals surface area contributed by atoms with E-state index in [1.807, 2.05) is 0 Å². The number of carbonyl (C=O) groups is 2. The molecule has 0 aliphatic rings. The molecule has 0 saturated heterocycles. The van der Waals surface area contributed by atoms with Crippen molar-refractivity contribution >= 4 is 23.6 Å². The van der Waals surface area contributed by atoms with Crippen LogP contribution < -0.4 is 5.32 Å². The van der Waals surface area contributed by atoms with E-state index in [0.717, 1.165) is 0 Å². The second-order valence-electron chi connectivity index (χ2n) is 4.06. The molecule has 0 bridgehead atoms. The lowest BCUT2D eigenvalue weighted by molar-refractivity contribution is -0.144. The molecule has 0 aliphatic carbocycles. The van der Waals surface area contributed by atoms with Crippen LogP contribution in [0.2, 0.25) is 0 Å². The zero-order valence-electron chi connectivity index (χ0n) is 10.6. The maximum atomic E-state index is 11.4. The van der Waals surface area contributed by atoms with Crippen LogP contribution in [-0.4, -0.2) is 36.0 Å². The van der Waals surface area contributed by atoms with Crippen LogP contribution in [-0.2, 0) is 14.3 Å². The van der Waals surface area contributed by atoms with Crippen LogP contribution in [0.25, 0.3) is 0 Å². The molecule has 0 aromatic heterocycles. The Morgan fingerprint density at radius 1 is 1.31 bits per heavy atom. The molecular weight excluding hydrogens is 226 g/mol. The third-order valence-electron chi connectivity index (χ3n) is 2.33. The van der Waals surface area contributed by atoms with Crippen LogP contribution in [0.3, 0.4) is 0 Å². The second kappa shape index (κ2) is 7.54. The maximum Gasteiger partial charge on any atom is 0.329 e. The van der Waals surface area contributed by atoms with Crippen molar-refractivity contribution in [1.29, 1.82) is 0 Å². The van der Waals surface area contributed by atoms with Gasteiger partial charge in [0.2, 0.25) is 5.91 Å². The van der Waals surface area contributed by atoms with Crippen molar-refractivity contribution in [2.24, 2.45) is 5.92 Å². The van der Waals surface area contributed by atoms with Crippen molar-refractivity contribution in [2.75, 3.05) is 12.9 Å². The van der Waals surface area contributed by atoms with E-state index in [1.165, 1.54) is 14.0 Å². The number of hydrogen-bond acceptors (Lipinski definition) is 4. The molecule has 0 fully saturated rings. The van der Waals surface area contributed by atoms with Gasteiger partial charge in [0.05, 0.1) is 7.11 Å². The van der Waals surface area contributed by atoms with E-state index < -0.39 is 12.0 Å². The van der Waals surface area contributed by atoms with Crippen molar-refractivity contribution in [3.05, 3.63) is 0 Å². The highest BCUT2D eigenvalue weighted by Crippen LogP contribution is 2.19. The molecule has 16 heavy (non-hydrogen) atoms. The second-order valence-corrected chi connectivity index (χ2v) is 5.47. The van der Waals surface area contributed by atoms with Crippen LogP contribution in [0.4, 0.5) is 0 Å². The molecule has 0 aromatic carbocycles. The van der Waals surface area contributed by atoms with Gasteiger partial charge in [-0.2, -0.15) is 11.8 Å². The molecule has 0 aliphatic heterocycles. The molecule has 0 aromatic rings. The number of amides is 1. The van der Waals surface area contributed by atoms with Gasteiger partial charge in [-0.15, -0.1) is 0 Å². The van der Waals surface area contributed by atoms with Gasteiger partial charge in [0.1, 0.15) is 6.04 Å². The monoisotopic (exact) mass is 247 g/mol. The van der Waals surface area contributed by atoms with Gasteiger partial charge in [0.25, 0.3) is 0 Å². The first-order valence-electron chi connectivity index (χ1n) is 5.35. The summed E-state index contributed by atoms with van der Waals surface area (Å²) in [6.45, 7) is 7.76. The third-order valence-corrected chi connectivity index (χ3v) is 3.92. The minimum absolute atomic E-state index is 0.215. The van der Waals surface area contributed by atoms with Crippen molar-refractivity contribution in [2.45, 2.75) is 39.0 Å². The SMILES string of the molecule is COC(=O)C(CSC(C)C(C)C)NC(C)=O. The molecule has 0 spiro atoms. The number of nitrogens with one attached hydrogen (secondary N) is 1. The Morgan fingerprint density at radius 2 is 1.88 bits per heavy atom. The molecule has 5 heteroatoms.